The number of hydrogen-bond acceptors (Lipinski definition) is 10. The Balaban J connectivity index is 1.21. The summed E-state index contributed by atoms with van der Waals surface area (Å²) in [6, 6.07) is 12.9. The Labute approximate surface area is 238 Å². The molecular weight excluding hydrogens is 544 g/mol. The third-order valence-electron chi connectivity index (χ3n) is 7.15. The molecule has 10 heteroatoms. The van der Waals surface area contributed by atoms with Crippen molar-refractivity contribution in [1.29, 1.82) is 0 Å². The van der Waals surface area contributed by atoms with Crippen molar-refractivity contribution in [3.63, 3.8) is 0 Å². The molecule has 0 aliphatic heterocycles. The van der Waals surface area contributed by atoms with Crippen LogP contribution in [-0.2, 0) is 4.74 Å². The van der Waals surface area contributed by atoms with Crippen LogP contribution >= 0.6 is 0 Å². The number of benzene rings is 2. The van der Waals surface area contributed by atoms with Crippen molar-refractivity contribution in [2.24, 2.45) is 0 Å². The highest BCUT2D eigenvalue weighted by Crippen LogP contribution is 2.37. The van der Waals surface area contributed by atoms with E-state index >= 15 is 0 Å². The number of aliphatic hydroxyl groups is 1. The molecule has 1 unspecified atom stereocenters. The maximum Gasteiger partial charge on any atom is 0.336 e. The standard InChI is InChI=1S/C32H28O10/c1-17(2)24(15-38-31-28-19(9-11-37-28)13-18-5-7-27(35)41-29(18)31)42-32(3,4)25(33)16-39-30-20-6-8-26(34)40-23(20)14-22-21(30)10-12-36-22/h5-14,24-25,33H,1,15-16H2,2-4H3/t24?,25-/m1/s1. The second-order valence-electron chi connectivity index (χ2n) is 10.6. The minimum atomic E-state index is -1.12. The second-order valence-corrected chi connectivity index (χ2v) is 10.6. The summed E-state index contributed by atoms with van der Waals surface area (Å²) < 4.78 is 40.4. The van der Waals surface area contributed by atoms with E-state index in [9.17, 15) is 14.7 Å². The van der Waals surface area contributed by atoms with Crippen molar-refractivity contribution in [2.45, 2.75) is 38.6 Å². The Morgan fingerprint density at radius 2 is 1.52 bits per heavy atom. The van der Waals surface area contributed by atoms with E-state index in [0.717, 1.165) is 5.39 Å². The summed E-state index contributed by atoms with van der Waals surface area (Å²) in [6.45, 7) is 9.15. The van der Waals surface area contributed by atoms with Crippen molar-refractivity contribution in [1.82, 2.24) is 0 Å². The summed E-state index contributed by atoms with van der Waals surface area (Å²) in [7, 11) is 0. The van der Waals surface area contributed by atoms with E-state index < -0.39 is 29.1 Å². The van der Waals surface area contributed by atoms with Crippen molar-refractivity contribution >= 4 is 43.9 Å². The first-order valence-electron chi connectivity index (χ1n) is 13.3. The van der Waals surface area contributed by atoms with Gasteiger partial charge in [-0.25, -0.2) is 9.59 Å². The molecule has 0 aliphatic rings. The van der Waals surface area contributed by atoms with Crippen LogP contribution in [0.25, 0.3) is 43.9 Å². The Bertz CT molecular complexity index is 2060. The molecule has 6 rings (SSSR count). The smallest absolute Gasteiger partial charge is 0.336 e. The van der Waals surface area contributed by atoms with Gasteiger partial charge in [-0.15, -0.1) is 0 Å². The number of fused-ring (bicyclic) bond motifs is 4. The lowest BCUT2D eigenvalue weighted by atomic mass is 10.0. The minimum Gasteiger partial charge on any atom is -0.489 e. The molecule has 0 spiro atoms. The molecule has 6 aromatic rings. The van der Waals surface area contributed by atoms with Crippen LogP contribution in [0.5, 0.6) is 11.5 Å². The monoisotopic (exact) mass is 572 g/mol. The highest BCUT2D eigenvalue weighted by atomic mass is 16.6. The molecule has 0 aliphatic carbocycles. The normalized spacial score (nSPS) is 13.6. The first kappa shape index (κ1) is 27.4. The lowest BCUT2D eigenvalue weighted by Gasteiger charge is -2.35. The summed E-state index contributed by atoms with van der Waals surface area (Å²) in [5, 5.41) is 13.9. The fraction of sp³-hybridized carbons (Fsp3) is 0.250. The van der Waals surface area contributed by atoms with E-state index in [4.69, 9.17) is 31.9 Å². The van der Waals surface area contributed by atoms with Crippen molar-refractivity contribution < 1.29 is 37.0 Å². The van der Waals surface area contributed by atoms with Gasteiger partial charge in [-0.2, -0.15) is 0 Å². The van der Waals surface area contributed by atoms with Gasteiger partial charge in [0.05, 0.1) is 28.9 Å². The fourth-order valence-corrected chi connectivity index (χ4v) is 4.75. The van der Waals surface area contributed by atoms with Crippen LogP contribution in [0, 0.1) is 0 Å². The van der Waals surface area contributed by atoms with Crippen molar-refractivity contribution in [2.75, 3.05) is 13.2 Å². The van der Waals surface area contributed by atoms with Gasteiger partial charge in [-0.05, 0) is 56.7 Å². The van der Waals surface area contributed by atoms with E-state index in [0.29, 0.717) is 44.2 Å². The van der Waals surface area contributed by atoms with Crippen LogP contribution in [-0.4, -0.2) is 36.1 Å². The lowest BCUT2D eigenvalue weighted by Crippen LogP contribution is -2.46. The molecule has 4 heterocycles. The summed E-state index contributed by atoms with van der Waals surface area (Å²) >= 11 is 0. The Morgan fingerprint density at radius 1 is 0.833 bits per heavy atom. The highest BCUT2D eigenvalue weighted by Gasteiger charge is 2.34. The molecule has 0 amide bonds. The maximum atomic E-state index is 12.0. The van der Waals surface area contributed by atoms with E-state index in [1.165, 1.54) is 24.7 Å². The van der Waals surface area contributed by atoms with Gasteiger partial charge in [0.2, 0.25) is 5.75 Å². The van der Waals surface area contributed by atoms with Crippen LogP contribution in [0.15, 0.2) is 100 Å². The highest BCUT2D eigenvalue weighted by molar-refractivity contribution is 6.01. The van der Waals surface area contributed by atoms with Crippen LogP contribution < -0.4 is 20.7 Å². The first-order valence-corrected chi connectivity index (χ1v) is 13.3. The van der Waals surface area contributed by atoms with Gasteiger partial charge in [0.15, 0.2) is 11.2 Å². The lowest BCUT2D eigenvalue weighted by molar-refractivity contribution is -0.140. The number of ether oxygens (including phenoxy) is 3. The molecule has 2 atom stereocenters. The molecule has 0 saturated carbocycles. The van der Waals surface area contributed by atoms with E-state index in [1.54, 1.807) is 51.1 Å². The molecule has 216 valence electrons. The van der Waals surface area contributed by atoms with E-state index in [-0.39, 0.29) is 24.5 Å². The summed E-state index contributed by atoms with van der Waals surface area (Å²) in [4.78, 5) is 23.7. The molecule has 0 bridgehead atoms. The first-order chi connectivity index (χ1) is 20.1. The summed E-state index contributed by atoms with van der Waals surface area (Å²) in [5.74, 6) is 0.683. The van der Waals surface area contributed by atoms with Crippen LogP contribution in [0.1, 0.15) is 20.8 Å². The molecule has 0 fully saturated rings. The van der Waals surface area contributed by atoms with Gasteiger partial charge >= 0.3 is 11.3 Å². The zero-order valence-electron chi connectivity index (χ0n) is 23.2. The molecule has 10 nitrogen and oxygen atoms in total. The van der Waals surface area contributed by atoms with Gasteiger partial charge in [0, 0.05) is 29.0 Å². The number of aliphatic hydroxyl groups excluding tert-OH is 1. The Morgan fingerprint density at radius 3 is 2.33 bits per heavy atom. The quantitative estimate of drug-likeness (QED) is 0.155. The van der Waals surface area contributed by atoms with Gasteiger partial charge in [0.25, 0.3) is 0 Å². The summed E-state index contributed by atoms with van der Waals surface area (Å²) in [5.41, 5.74) is -0.0125. The topological polar surface area (TPSA) is 135 Å². The second kappa shape index (κ2) is 10.6. The molecular formula is C32H28O10. The van der Waals surface area contributed by atoms with Gasteiger partial charge in [0.1, 0.15) is 42.3 Å². The van der Waals surface area contributed by atoms with Gasteiger partial charge < -0.3 is 37.0 Å². The fourth-order valence-electron chi connectivity index (χ4n) is 4.75. The molecule has 42 heavy (non-hydrogen) atoms. The van der Waals surface area contributed by atoms with E-state index in [2.05, 4.69) is 6.58 Å². The largest absolute Gasteiger partial charge is 0.489 e. The third kappa shape index (κ3) is 5.06. The summed E-state index contributed by atoms with van der Waals surface area (Å²) in [6.07, 6.45) is 1.28. The molecule has 0 saturated heterocycles. The zero-order chi connectivity index (χ0) is 29.6. The maximum absolute atomic E-state index is 12.0. The number of furan rings is 2. The molecule has 1 N–H and O–H groups in total. The molecule has 2 aromatic carbocycles. The minimum absolute atomic E-state index is 0.00213. The zero-order valence-corrected chi connectivity index (χ0v) is 23.2. The predicted octanol–water partition coefficient (Wildman–Crippen LogP) is 5.95. The van der Waals surface area contributed by atoms with Crippen LogP contribution in [0.2, 0.25) is 0 Å². The number of hydrogen-bond donors (Lipinski definition) is 1. The van der Waals surface area contributed by atoms with Crippen LogP contribution in [0.3, 0.4) is 0 Å². The average molecular weight is 573 g/mol. The van der Waals surface area contributed by atoms with Crippen molar-refractivity contribution in [3.8, 4) is 11.5 Å². The third-order valence-corrected chi connectivity index (χ3v) is 7.15. The van der Waals surface area contributed by atoms with E-state index in [1.807, 2.05) is 6.07 Å². The Hall–Kier alpha value is -4.80. The van der Waals surface area contributed by atoms with Crippen molar-refractivity contribution in [3.05, 3.63) is 94.0 Å². The SMILES string of the molecule is C=C(C)C(COc1c2occc2cc2ccc(=O)oc12)OC(C)(C)[C@H](O)COc1c2ccoc2cc2oc(=O)ccc12. The number of rotatable bonds is 10. The van der Waals surface area contributed by atoms with Gasteiger partial charge in [-0.3, -0.25) is 0 Å². The predicted molar refractivity (Wildman–Crippen MR) is 155 cm³/mol. The van der Waals surface area contributed by atoms with Gasteiger partial charge in [-0.1, -0.05) is 6.58 Å². The average Bonchev–Trinajstić information content (AvgIpc) is 3.61. The van der Waals surface area contributed by atoms with Crippen LogP contribution in [0.4, 0.5) is 0 Å². The molecule has 4 aromatic heterocycles. The Kier molecular flexibility index (Phi) is 6.88. The molecule has 0 radical (unpaired) electrons.